The maximum atomic E-state index is 12.3. The second kappa shape index (κ2) is 8.83. The smallest absolute Gasteiger partial charge is 0.270 e. The minimum Gasteiger partial charge on any atom is -0.508 e. The third-order valence-corrected chi connectivity index (χ3v) is 4.09. The highest BCUT2D eigenvalue weighted by Crippen LogP contribution is 2.22. The fourth-order valence-corrected chi connectivity index (χ4v) is 2.61. The van der Waals surface area contributed by atoms with Crippen LogP contribution in [0.5, 0.6) is 5.75 Å². The quantitative estimate of drug-likeness (QED) is 0.579. The number of aliphatic hydroxyl groups excluding tert-OH is 1. The average Bonchev–Trinajstić information content (AvgIpc) is 2.57. The summed E-state index contributed by atoms with van der Waals surface area (Å²) in [7, 11) is 0. The van der Waals surface area contributed by atoms with Gasteiger partial charge in [0.05, 0.1) is 6.42 Å². The van der Waals surface area contributed by atoms with Gasteiger partial charge in [-0.15, -0.1) is 0 Å². The predicted molar refractivity (Wildman–Crippen MR) is 103 cm³/mol. The average molecular weight is 392 g/mol. The molecule has 1 heterocycles. The van der Waals surface area contributed by atoms with E-state index in [0.717, 1.165) is 0 Å². The van der Waals surface area contributed by atoms with Crippen molar-refractivity contribution < 1.29 is 19.8 Å². The third-order valence-electron chi connectivity index (χ3n) is 3.86. The summed E-state index contributed by atoms with van der Waals surface area (Å²) in [6, 6.07) is 7.49. The van der Waals surface area contributed by atoms with Crippen LogP contribution in [0, 0.1) is 0 Å². The van der Waals surface area contributed by atoms with Gasteiger partial charge in [0.1, 0.15) is 11.4 Å². The van der Waals surface area contributed by atoms with E-state index in [9.17, 15) is 14.7 Å². The van der Waals surface area contributed by atoms with Crippen LogP contribution in [0.1, 0.15) is 36.3 Å². The van der Waals surface area contributed by atoms with Crippen molar-refractivity contribution in [2.24, 2.45) is 0 Å². The number of pyridine rings is 1. The molecule has 2 amide bonds. The molecule has 1 aromatic carbocycles. The van der Waals surface area contributed by atoms with Gasteiger partial charge in [0.25, 0.3) is 5.91 Å². The van der Waals surface area contributed by atoms with Gasteiger partial charge in [0, 0.05) is 34.6 Å². The van der Waals surface area contributed by atoms with Crippen LogP contribution in [0.25, 0.3) is 0 Å². The van der Waals surface area contributed by atoms with Gasteiger partial charge in [-0.25, -0.2) is 0 Å². The lowest BCUT2D eigenvalue weighted by atomic mass is 10.0. The van der Waals surface area contributed by atoms with Crippen molar-refractivity contribution in [2.75, 3.05) is 11.9 Å². The highest BCUT2D eigenvalue weighted by molar-refractivity contribution is 6.30. The highest BCUT2D eigenvalue weighted by atomic mass is 35.5. The van der Waals surface area contributed by atoms with Crippen LogP contribution in [0.3, 0.4) is 0 Å². The van der Waals surface area contributed by atoms with Crippen molar-refractivity contribution >= 4 is 29.1 Å². The Hall–Kier alpha value is -2.64. The zero-order valence-electron chi connectivity index (χ0n) is 15.1. The molecule has 27 heavy (non-hydrogen) atoms. The number of phenolic OH excluding ortho intramolecular Hbond substituents is 1. The molecule has 0 fully saturated rings. The molecule has 0 aliphatic carbocycles. The van der Waals surface area contributed by atoms with Gasteiger partial charge in [-0.2, -0.15) is 0 Å². The van der Waals surface area contributed by atoms with E-state index >= 15 is 0 Å². The van der Waals surface area contributed by atoms with E-state index in [1.807, 2.05) is 0 Å². The summed E-state index contributed by atoms with van der Waals surface area (Å²) in [6.45, 7) is 3.54. The highest BCUT2D eigenvalue weighted by Gasteiger charge is 2.21. The number of aromatic hydroxyl groups is 1. The van der Waals surface area contributed by atoms with Gasteiger partial charge in [0.2, 0.25) is 5.91 Å². The number of amides is 2. The van der Waals surface area contributed by atoms with Crippen molar-refractivity contribution in [1.82, 2.24) is 10.3 Å². The van der Waals surface area contributed by atoms with Crippen molar-refractivity contribution in [3.8, 4) is 5.75 Å². The Labute approximate surface area is 162 Å². The number of aliphatic hydroxyl groups is 1. The topological polar surface area (TPSA) is 112 Å². The molecule has 0 unspecified atom stereocenters. The molecule has 7 nitrogen and oxygen atoms in total. The van der Waals surface area contributed by atoms with E-state index in [1.54, 1.807) is 19.9 Å². The largest absolute Gasteiger partial charge is 0.508 e. The normalized spacial score (nSPS) is 11.1. The van der Waals surface area contributed by atoms with E-state index in [0.29, 0.717) is 22.7 Å². The number of hydrogen-bond acceptors (Lipinski definition) is 5. The summed E-state index contributed by atoms with van der Waals surface area (Å²) in [5.74, 6) is -0.793. The van der Waals surface area contributed by atoms with E-state index in [1.165, 1.54) is 30.5 Å². The molecule has 0 spiro atoms. The van der Waals surface area contributed by atoms with Crippen molar-refractivity contribution in [1.29, 1.82) is 0 Å². The first-order chi connectivity index (χ1) is 12.7. The van der Waals surface area contributed by atoms with Crippen LogP contribution >= 0.6 is 11.6 Å². The van der Waals surface area contributed by atoms with Gasteiger partial charge in [-0.05, 0) is 50.6 Å². The van der Waals surface area contributed by atoms with Crippen molar-refractivity contribution in [3.63, 3.8) is 0 Å². The van der Waals surface area contributed by atoms with Gasteiger partial charge in [-0.3, -0.25) is 14.6 Å². The maximum Gasteiger partial charge on any atom is 0.270 e. The van der Waals surface area contributed by atoms with Crippen LogP contribution in [-0.2, 0) is 11.2 Å². The molecule has 0 saturated carbocycles. The molecule has 0 aliphatic heterocycles. The molecule has 0 bridgehead atoms. The molecule has 0 atom stereocenters. The number of anilines is 1. The van der Waals surface area contributed by atoms with Gasteiger partial charge in [-0.1, -0.05) is 11.6 Å². The number of hydrogen-bond donors (Lipinski definition) is 4. The van der Waals surface area contributed by atoms with Gasteiger partial charge in [0.15, 0.2) is 0 Å². The summed E-state index contributed by atoms with van der Waals surface area (Å²) in [5.41, 5.74) is 0.362. The summed E-state index contributed by atoms with van der Waals surface area (Å²) in [4.78, 5) is 28.6. The molecule has 0 radical (unpaired) electrons. The molecule has 2 rings (SSSR count). The lowest BCUT2D eigenvalue weighted by Gasteiger charge is -2.25. The molecule has 0 aliphatic rings. The van der Waals surface area contributed by atoms with E-state index in [2.05, 4.69) is 15.6 Å². The van der Waals surface area contributed by atoms with Crippen molar-refractivity contribution in [2.45, 2.75) is 32.2 Å². The van der Waals surface area contributed by atoms with Gasteiger partial charge >= 0.3 is 0 Å². The number of rotatable bonds is 7. The van der Waals surface area contributed by atoms with Crippen LogP contribution in [-0.4, -0.2) is 39.2 Å². The van der Waals surface area contributed by atoms with Crippen LogP contribution in [0.4, 0.5) is 5.69 Å². The minimum absolute atomic E-state index is 0.0181. The standard InChI is InChI=1S/C19H22ClN3O4/c1-19(2,6-8-24)23-18(27)15-11-14(5-7-21-15)22-17(26)10-12-9-13(20)3-4-16(12)25/h3-5,7,9,11,24-25H,6,8,10H2,1-2H3,(H,23,27)(H,21,22,26). The first-order valence-corrected chi connectivity index (χ1v) is 8.74. The van der Waals surface area contributed by atoms with Crippen molar-refractivity contribution in [3.05, 3.63) is 52.8 Å². The Bertz CT molecular complexity index is 839. The number of nitrogens with one attached hydrogen (secondary N) is 2. The van der Waals surface area contributed by atoms with Gasteiger partial charge < -0.3 is 20.8 Å². The zero-order valence-corrected chi connectivity index (χ0v) is 15.9. The maximum absolute atomic E-state index is 12.3. The van der Waals surface area contributed by atoms with Crippen LogP contribution in [0.2, 0.25) is 5.02 Å². The number of nitrogens with zero attached hydrogens (tertiary/aromatic N) is 1. The Morgan fingerprint density at radius 1 is 1.22 bits per heavy atom. The number of carbonyl (C=O) groups is 2. The SMILES string of the molecule is CC(C)(CCO)NC(=O)c1cc(NC(=O)Cc2cc(Cl)ccc2O)ccn1. The molecule has 1 aromatic heterocycles. The number of carbonyl (C=O) groups excluding carboxylic acids is 2. The molecular weight excluding hydrogens is 370 g/mol. The summed E-state index contributed by atoms with van der Waals surface area (Å²) in [6.07, 6.45) is 1.75. The predicted octanol–water partition coefficient (Wildman–Crippen LogP) is 2.51. The minimum atomic E-state index is -0.586. The molecule has 8 heteroatoms. The molecule has 0 saturated heterocycles. The fraction of sp³-hybridized carbons (Fsp3) is 0.316. The Kier molecular flexibility index (Phi) is 6.76. The number of aromatic nitrogens is 1. The molecular formula is C19H22ClN3O4. The summed E-state index contributed by atoms with van der Waals surface area (Å²) < 4.78 is 0. The lowest BCUT2D eigenvalue weighted by molar-refractivity contribution is -0.115. The first-order valence-electron chi connectivity index (χ1n) is 8.37. The Balaban J connectivity index is 2.05. The second-order valence-corrected chi connectivity index (χ2v) is 7.18. The Morgan fingerprint density at radius 3 is 2.67 bits per heavy atom. The van der Waals surface area contributed by atoms with E-state index in [-0.39, 0.29) is 30.4 Å². The fourth-order valence-electron chi connectivity index (χ4n) is 2.42. The zero-order chi connectivity index (χ0) is 20.0. The summed E-state index contributed by atoms with van der Waals surface area (Å²) in [5, 5.41) is 24.7. The number of halogens is 1. The van der Waals surface area contributed by atoms with Crippen LogP contribution in [0.15, 0.2) is 36.5 Å². The summed E-state index contributed by atoms with van der Waals surface area (Å²) >= 11 is 5.88. The number of benzene rings is 1. The molecule has 2 aromatic rings. The monoisotopic (exact) mass is 391 g/mol. The Morgan fingerprint density at radius 2 is 1.96 bits per heavy atom. The van der Waals surface area contributed by atoms with Crippen LogP contribution < -0.4 is 10.6 Å². The lowest BCUT2D eigenvalue weighted by Crippen LogP contribution is -2.44. The first kappa shape index (κ1) is 20.7. The molecule has 4 N–H and O–H groups in total. The van der Waals surface area contributed by atoms with E-state index < -0.39 is 11.4 Å². The molecule has 144 valence electrons. The second-order valence-electron chi connectivity index (χ2n) is 6.74. The third kappa shape index (κ3) is 6.23. The number of phenols is 1. The van der Waals surface area contributed by atoms with E-state index in [4.69, 9.17) is 16.7 Å².